The van der Waals surface area contributed by atoms with Crippen molar-refractivity contribution >= 4 is 33.4 Å². The topological polar surface area (TPSA) is 86.0 Å². The smallest absolute Gasteiger partial charge is 0.325 e. The normalized spacial score (nSPS) is 11.1. The molecule has 7 nitrogen and oxygen atoms in total. The molecule has 1 amide bonds. The van der Waals surface area contributed by atoms with Crippen LogP contribution in [0.15, 0.2) is 58.3 Å². The number of anilines is 1. The number of carbonyl (C=O) groups excluding carboxylic acids is 1. The van der Waals surface area contributed by atoms with E-state index >= 15 is 0 Å². The van der Waals surface area contributed by atoms with Gasteiger partial charge < -0.3 is 5.32 Å². The summed E-state index contributed by atoms with van der Waals surface area (Å²) in [7, 11) is 2.96. The highest BCUT2D eigenvalue weighted by Crippen LogP contribution is 2.23. The van der Waals surface area contributed by atoms with Crippen LogP contribution >= 0.6 is 0 Å². The summed E-state index contributed by atoms with van der Waals surface area (Å²) in [6.07, 6.45) is 1.71. The van der Waals surface area contributed by atoms with Gasteiger partial charge in [-0.3, -0.25) is 18.7 Å². The predicted octanol–water partition coefficient (Wildman–Crippen LogP) is 2.28. The molecule has 146 valence electrons. The second kappa shape index (κ2) is 7.01. The summed E-state index contributed by atoms with van der Waals surface area (Å²) in [5, 5.41) is 5.17. The van der Waals surface area contributed by atoms with Gasteiger partial charge >= 0.3 is 5.69 Å². The summed E-state index contributed by atoms with van der Waals surface area (Å²) >= 11 is 0. The van der Waals surface area contributed by atoms with E-state index in [1.807, 2.05) is 42.5 Å². The predicted molar refractivity (Wildman–Crippen MR) is 113 cm³/mol. The molecule has 7 heteroatoms. The largest absolute Gasteiger partial charge is 0.332 e. The Labute approximate surface area is 166 Å². The molecule has 4 rings (SSSR count). The fraction of sp³-hybridized carbons (Fsp3) is 0.182. The van der Waals surface area contributed by atoms with Crippen LogP contribution in [0.2, 0.25) is 0 Å². The van der Waals surface area contributed by atoms with Gasteiger partial charge in [-0.2, -0.15) is 0 Å². The Morgan fingerprint density at radius 3 is 2.55 bits per heavy atom. The fourth-order valence-electron chi connectivity index (χ4n) is 3.59. The van der Waals surface area contributed by atoms with Gasteiger partial charge in [0, 0.05) is 20.3 Å². The third kappa shape index (κ3) is 3.10. The van der Waals surface area contributed by atoms with Crippen LogP contribution in [-0.2, 0) is 25.3 Å². The Kier molecular flexibility index (Phi) is 4.50. The van der Waals surface area contributed by atoms with Crippen molar-refractivity contribution in [1.82, 2.24) is 14.1 Å². The number of fused-ring (bicyclic) bond motifs is 2. The molecule has 0 fully saturated rings. The Bertz CT molecular complexity index is 1390. The lowest BCUT2D eigenvalue weighted by Gasteiger charge is -2.14. The lowest BCUT2D eigenvalue weighted by Crippen LogP contribution is -2.38. The number of amides is 1. The highest BCUT2D eigenvalue weighted by Gasteiger charge is 2.18. The summed E-state index contributed by atoms with van der Waals surface area (Å²) in [6.45, 7) is 1.77. The molecule has 2 aromatic carbocycles. The standard InChI is InChI=1S/C22H20N4O3/c1-13-12-23-20-18(21(28)26(3)22(29)25(20)2)19(13)24-17(27)11-15-9-6-8-14-7-4-5-10-16(14)15/h4-10,12H,11H2,1-3H3,(H,23,24,27). The zero-order valence-corrected chi connectivity index (χ0v) is 16.4. The van der Waals surface area contributed by atoms with Crippen LogP contribution in [0.4, 0.5) is 5.69 Å². The van der Waals surface area contributed by atoms with Crippen LogP contribution < -0.4 is 16.6 Å². The molecule has 4 aromatic rings. The van der Waals surface area contributed by atoms with E-state index in [1.165, 1.54) is 11.6 Å². The maximum Gasteiger partial charge on any atom is 0.332 e. The van der Waals surface area contributed by atoms with Crippen molar-refractivity contribution in [3.05, 3.63) is 80.6 Å². The highest BCUT2D eigenvalue weighted by atomic mass is 16.2. The lowest BCUT2D eigenvalue weighted by molar-refractivity contribution is -0.115. The number of benzene rings is 2. The zero-order valence-electron chi connectivity index (χ0n) is 16.4. The van der Waals surface area contributed by atoms with Crippen molar-refractivity contribution in [3.8, 4) is 0 Å². The van der Waals surface area contributed by atoms with E-state index in [0.29, 0.717) is 11.3 Å². The van der Waals surface area contributed by atoms with Crippen LogP contribution in [-0.4, -0.2) is 20.0 Å². The third-order valence-corrected chi connectivity index (χ3v) is 5.15. The quantitative estimate of drug-likeness (QED) is 0.583. The molecule has 0 saturated heterocycles. The van der Waals surface area contributed by atoms with Crippen molar-refractivity contribution in [2.45, 2.75) is 13.3 Å². The summed E-state index contributed by atoms with van der Waals surface area (Å²) < 4.78 is 2.32. The van der Waals surface area contributed by atoms with Gasteiger partial charge in [0.05, 0.1) is 12.1 Å². The van der Waals surface area contributed by atoms with E-state index in [-0.39, 0.29) is 23.4 Å². The summed E-state index contributed by atoms with van der Waals surface area (Å²) in [4.78, 5) is 42.0. The monoisotopic (exact) mass is 388 g/mol. The van der Waals surface area contributed by atoms with Gasteiger partial charge in [-0.1, -0.05) is 42.5 Å². The van der Waals surface area contributed by atoms with Gasteiger partial charge in [0.1, 0.15) is 5.39 Å². The van der Waals surface area contributed by atoms with Gasteiger partial charge in [-0.05, 0) is 28.8 Å². The molecule has 0 radical (unpaired) electrons. The molecule has 2 aromatic heterocycles. The van der Waals surface area contributed by atoms with Crippen LogP contribution in [0.25, 0.3) is 21.8 Å². The second-order valence-electron chi connectivity index (χ2n) is 7.08. The number of hydrogen-bond acceptors (Lipinski definition) is 4. The van der Waals surface area contributed by atoms with Gasteiger partial charge in [0.15, 0.2) is 5.65 Å². The minimum atomic E-state index is -0.486. The van der Waals surface area contributed by atoms with Gasteiger partial charge in [-0.25, -0.2) is 9.78 Å². The number of rotatable bonds is 3. The second-order valence-corrected chi connectivity index (χ2v) is 7.08. The Balaban J connectivity index is 1.78. The molecular formula is C22H20N4O3. The van der Waals surface area contributed by atoms with E-state index in [9.17, 15) is 14.4 Å². The molecule has 0 atom stereocenters. The fourth-order valence-corrected chi connectivity index (χ4v) is 3.59. The van der Waals surface area contributed by atoms with Crippen molar-refractivity contribution in [1.29, 1.82) is 0 Å². The maximum atomic E-state index is 12.9. The Morgan fingerprint density at radius 2 is 1.76 bits per heavy atom. The number of aromatic nitrogens is 3. The minimum Gasteiger partial charge on any atom is -0.325 e. The van der Waals surface area contributed by atoms with E-state index in [2.05, 4.69) is 10.3 Å². The number of pyridine rings is 1. The molecule has 0 aliphatic heterocycles. The van der Waals surface area contributed by atoms with Crippen LogP contribution in [0, 0.1) is 6.92 Å². The molecule has 0 bridgehead atoms. The first-order valence-corrected chi connectivity index (χ1v) is 9.20. The van der Waals surface area contributed by atoms with E-state index in [0.717, 1.165) is 20.9 Å². The maximum absolute atomic E-state index is 12.9. The Morgan fingerprint density at radius 1 is 1.03 bits per heavy atom. The average molecular weight is 388 g/mol. The average Bonchev–Trinajstić information content (AvgIpc) is 2.72. The van der Waals surface area contributed by atoms with Crippen LogP contribution in [0.5, 0.6) is 0 Å². The summed E-state index contributed by atoms with van der Waals surface area (Å²) in [6, 6.07) is 13.7. The molecule has 29 heavy (non-hydrogen) atoms. The minimum absolute atomic E-state index is 0.163. The van der Waals surface area contributed by atoms with E-state index < -0.39 is 11.2 Å². The van der Waals surface area contributed by atoms with Crippen molar-refractivity contribution in [2.75, 3.05) is 5.32 Å². The van der Waals surface area contributed by atoms with Gasteiger partial charge in [0.25, 0.3) is 5.56 Å². The number of carbonyl (C=O) groups is 1. The number of aryl methyl sites for hydroxylation is 2. The lowest BCUT2D eigenvalue weighted by atomic mass is 10.0. The first-order valence-electron chi connectivity index (χ1n) is 9.20. The number of nitrogens with zero attached hydrogens (tertiary/aromatic N) is 3. The van der Waals surface area contributed by atoms with Crippen LogP contribution in [0.3, 0.4) is 0 Å². The first-order chi connectivity index (χ1) is 13.9. The molecule has 0 saturated carbocycles. The van der Waals surface area contributed by atoms with Gasteiger partial charge in [-0.15, -0.1) is 0 Å². The Hall–Kier alpha value is -3.74. The van der Waals surface area contributed by atoms with Crippen molar-refractivity contribution in [3.63, 3.8) is 0 Å². The number of nitrogens with one attached hydrogen (secondary N) is 1. The SMILES string of the molecule is Cc1cnc2c(c1NC(=O)Cc1cccc3ccccc13)c(=O)n(C)c(=O)n2C. The summed E-state index contributed by atoms with van der Waals surface area (Å²) in [5.41, 5.74) is 1.23. The molecule has 0 spiro atoms. The van der Waals surface area contributed by atoms with E-state index in [1.54, 1.807) is 20.2 Å². The van der Waals surface area contributed by atoms with E-state index in [4.69, 9.17) is 0 Å². The number of hydrogen-bond donors (Lipinski definition) is 1. The van der Waals surface area contributed by atoms with Gasteiger partial charge in [0.2, 0.25) is 5.91 Å². The van der Waals surface area contributed by atoms with Crippen molar-refractivity contribution < 1.29 is 4.79 Å². The molecule has 1 N–H and O–H groups in total. The molecule has 2 heterocycles. The third-order valence-electron chi connectivity index (χ3n) is 5.15. The molecule has 0 aliphatic carbocycles. The molecule has 0 aliphatic rings. The zero-order chi connectivity index (χ0) is 20.7. The first kappa shape index (κ1) is 18.6. The molecular weight excluding hydrogens is 368 g/mol. The van der Waals surface area contributed by atoms with Crippen molar-refractivity contribution in [2.24, 2.45) is 14.1 Å². The summed E-state index contributed by atoms with van der Waals surface area (Å²) in [5.74, 6) is -0.243. The van der Waals surface area contributed by atoms with Crippen LogP contribution in [0.1, 0.15) is 11.1 Å². The molecule has 0 unspecified atom stereocenters. The highest BCUT2D eigenvalue weighted by molar-refractivity contribution is 6.02.